The summed E-state index contributed by atoms with van der Waals surface area (Å²) >= 11 is 0. The number of hydrogen-bond acceptors (Lipinski definition) is 28. The quantitative estimate of drug-likeness (QED) is 0.0322. The van der Waals surface area contributed by atoms with E-state index < -0.39 is 30.0 Å². The summed E-state index contributed by atoms with van der Waals surface area (Å²) in [6, 6.07) is 46.7. The van der Waals surface area contributed by atoms with Gasteiger partial charge in [-0.1, -0.05) is 117 Å². The Morgan fingerprint density at radius 1 is 0.349 bits per heavy atom. The van der Waals surface area contributed by atoms with E-state index in [1.807, 2.05) is 72.8 Å². The van der Waals surface area contributed by atoms with Gasteiger partial charge in [0.25, 0.3) is 23.8 Å². The number of hydrogen-bond donors (Lipinski definition) is 6. The van der Waals surface area contributed by atoms with Crippen LogP contribution in [0.2, 0.25) is 0 Å². The molecule has 0 aliphatic heterocycles. The van der Waals surface area contributed by atoms with Crippen molar-refractivity contribution in [2.24, 2.45) is 0 Å². The minimum absolute atomic E-state index is 0. The molecule has 6 aromatic carbocycles. The molecular weight excluding hydrogens is 1170 g/mol. The van der Waals surface area contributed by atoms with Gasteiger partial charge in [-0.05, 0) is 126 Å². The first-order valence-corrected chi connectivity index (χ1v) is 27.3. The van der Waals surface area contributed by atoms with Crippen molar-refractivity contribution in [3.05, 3.63) is 181 Å². The Kier molecular flexibility index (Phi) is 17.9. The Morgan fingerprint density at radius 2 is 0.616 bits per heavy atom. The fraction of sp³-hybridized carbons (Fsp3) is 0. The minimum Gasteiger partial charge on any atom is -0.744 e. The maximum Gasteiger partial charge on any atom is 1.00 e. The van der Waals surface area contributed by atoms with Gasteiger partial charge in [-0.15, -0.1) is 0 Å². The predicted molar refractivity (Wildman–Crippen MR) is 298 cm³/mol. The Labute approximate surface area is 529 Å². The average Bonchev–Trinajstić information content (AvgIpc) is 2.81. The third kappa shape index (κ3) is 13.9. The van der Waals surface area contributed by atoms with Crippen molar-refractivity contribution in [2.75, 3.05) is 31.9 Å². The van der Waals surface area contributed by atoms with E-state index in [-0.39, 0.29) is 141 Å². The zero-order valence-electron chi connectivity index (χ0n) is 44.5. The van der Waals surface area contributed by atoms with Gasteiger partial charge < -0.3 is 41.0 Å². The van der Waals surface area contributed by atoms with Crippen LogP contribution in [0.1, 0.15) is 11.1 Å². The molecule has 0 saturated carbocycles. The van der Waals surface area contributed by atoms with E-state index in [2.05, 4.69) is 114 Å². The van der Waals surface area contributed by atoms with Crippen LogP contribution < -0.4 is 91.0 Å². The van der Waals surface area contributed by atoms with Gasteiger partial charge in [0.15, 0.2) is 0 Å². The summed E-state index contributed by atoms with van der Waals surface area (Å²) < 4.78 is 83.5. The molecule has 416 valence electrons. The Balaban J connectivity index is 0.00000410. The van der Waals surface area contributed by atoms with Crippen LogP contribution in [0.3, 0.4) is 0 Å². The van der Waals surface area contributed by atoms with Gasteiger partial charge >= 0.3 is 59.1 Å². The standard InChI is InChI=1S/C50H38N26O6S2.2Na/c77-83(78,79)39-27-33(51-45-53-41(57-47-61-65-69-73(47)35-13-5-1-6-14-35)29-42(54-45)58-48-62-66-70-74(48)36-15-7-2-8-16-36)25-23-31(39)21-22-32-24-26-34(28-40(32)84(80,81)82)52-46-55-43(59-49-63-67-71-75(49)37-17-9-3-10-18-37)30-44(56-46)60-50-64-68-72-76(50)38-19-11-4-12-20-38;;/h1-30H,(H,77,78,79)(H,80,81,82)(H3,51,53,54,57,58,61,62,69,70)(H3,52,55,56,59,60,63,64,71,72);;/q;2*+1/p-2. The average molecular weight is 1210 g/mol. The van der Waals surface area contributed by atoms with Crippen LogP contribution in [0.5, 0.6) is 0 Å². The molecule has 0 unspecified atom stereocenters. The molecule has 0 aliphatic rings. The van der Waals surface area contributed by atoms with Crippen molar-refractivity contribution in [3.8, 4) is 22.7 Å². The zero-order chi connectivity index (χ0) is 57.6. The van der Waals surface area contributed by atoms with E-state index in [4.69, 9.17) is 0 Å². The molecular formula is C50H36N26Na2O6S2. The van der Waals surface area contributed by atoms with Crippen LogP contribution in [-0.2, 0) is 20.2 Å². The molecule has 36 heteroatoms. The molecule has 12 rings (SSSR count). The van der Waals surface area contributed by atoms with Gasteiger partial charge in [0.1, 0.15) is 43.5 Å². The monoisotopic (exact) mass is 1210 g/mol. The van der Waals surface area contributed by atoms with Crippen molar-refractivity contribution in [1.29, 1.82) is 0 Å². The Morgan fingerprint density at radius 3 is 0.872 bits per heavy atom. The SMILES string of the molecule is O=S(=O)([O-])c1cc(Nc2nc(Nc3nnnn3-c3ccccc3)cc(Nc3nnnn3-c3ccccc3)n2)ccc1C=Cc1ccc(Nc2nc(Nc3nnnn3-c3ccccc3)cc(Nc3nnnn3-c3ccccc3)n2)cc1S(=O)(=O)[O-].[Na+].[Na+]. The molecule has 6 heterocycles. The molecule has 0 saturated heterocycles. The van der Waals surface area contributed by atoms with Gasteiger partial charge in [0, 0.05) is 23.5 Å². The molecule has 0 amide bonds. The summed E-state index contributed by atoms with van der Waals surface area (Å²) in [6.07, 6.45) is 2.34. The molecule has 6 N–H and O–H groups in total. The van der Waals surface area contributed by atoms with Crippen molar-refractivity contribution < 1.29 is 85.1 Å². The maximum absolute atomic E-state index is 13.0. The summed E-state index contributed by atoms with van der Waals surface area (Å²) in [7, 11) is -10.5. The third-order valence-corrected chi connectivity index (χ3v) is 13.6. The fourth-order valence-electron chi connectivity index (χ4n) is 8.12. The second-order valence-corrected chi connectivity index (χ2v) is 20.1. The minimum atomic E-state index is -5.25. The largest absolute Gasteiger partial charge is 1.00 e. The predicted octanol–water partition coefficient (Wildman–Crippen LogP) is -0.382. The molecule has 86 heavy (non-hydrogen) atoms. The molecule has 32 nitrogen and oxygen atoms in total. The number of rotatable bonds is 20. The first-order chi connectivity index (χ1) is 40.8. The number of tetrazole rings is 4. The summed E-state index contributed by atoms with van der Waals surface area (Å²) in [5.41, 5.74) is 2.26. The Bertz CT molecular complexity index is 4120. The normalized spacial score (nSPS) is 11.3. The number of nitrogens with zero attached hydrogens (tertiary/aromatic N) is 20. The van der Waals surface area contributed by atoms with Crippen LogP contribution in [-0.4, -0.2) is 127 Å². The van der Waals surface area contributed by atoms with Gasteiger partial charge in [-0.3, -0.25) is 0 Å². The molecule has 0 spiro atoms. The molecule has 6 aromatic heterocycles. The van der Waals surface area contributed by atoms with Crippen LogP contribution in [0.4, 0.5) is 70.3 Å². The molecule has 0 fully saturated rings. The van der Waals surface area contributed by atoms with Crippen LogP contribution in [0, 0.1) is 0 Å². The second kappa shape index (κ2) is 25.9. The second-order valence-electron chi connectivity index (χ2n) is 17.4. The van der Waals surface area contributed by atoms with Crippen molar-refractivity contribution in [2.45, 2.75) is 9.79 Å². The van der Waals surface area contributed by atoms with Crippen molar-refractivity contribution in [3.63, 3.8) is 0 Å². The number of nitrogens with one attached hydrogen (secondary N) is 6. The summed E-state index contributed by atoms with van der Waals surface area (Å²) in [4.78, 5) is 16.8. The van der Waals surface area contributed by atoms with E-state index in [1.165, 1.54) is 67.3 Å². The number of para-hydroxylation sites is 4. The smallest absolute Gasteiger partial charge is 0.744 e. The molecule has 12 aromatic rings. The molecule has 0 atom stereocenters. The van der Waals surface area contributed by atoms with Crippen molar-refractivity contribution >= 4 is 103 Å². The van der Waals surface area contributed by atoms with Gasteiger partial charge in [-0.2, -0.15) is 38.7 Å². The molecule has 0 radical (unpaired) electrons. The Hall–Kier alpha value is -9.88. The zero-order valence-corrected chi connectivity index (χ0v) is 50.2. The van der Waals surface area contributed by atoms with Gasteiger partial charge in [0.05, 0.1) is 32.5 Å². The summed E-state index contributed by atoms with van der Waals surface area (Å²) in [5.74, 6) is 0.969. The molecule has 0 bridgehead atoms. The van der Waals surface area contributed by atoms with E-state index in [9.17, 15) is 25.9 Å². The maximum atomic E-state index is 13.0. The first-order valence-electron chi connectivity index (χ1n) is 24.5. The number of anilines is 12. The first kappa shape index (κ1) is 59.3. The van der Waals surface area contributed by atoms with E-state index in [1.54, 1.807) is 48.5 Å². The van der Waals surface area contributed by atoms with Gasteiger partial charge in [-0.25, -0.2) is 16.8 Å². The van der Waals surface area contributed by atoms with Crippen LogP contribution in [0.25, 0.3) is 34.9 Å². The van der Waals surface area contributed by atoms with E-state index in [0.717, 1.165) is 12.1 Å². The van der Waals surface area contributed by atoms with E-state index >= 15 is 0 Å². The van der Waals surface area contributed by atoms with Crippen LogP contribution >= 0.6 is 0 Å². The van der Waals surface area contributed by atoms with Crippen molar-refractivity contribution in [1.82, 2.24) is 101 Å². The van der Waals surface area contributed by atoms with E-state index in [0.29, 0.717) is 22.7 Å². The fourth-order valence-corrected chi connectivity index (χ4v) is 9.52. The van der Waals surface area contributed by atoms with Crippen LogP contribution in [0.15, 0.2) is 180 Å². The van der Waals surface area contributed by atoms with Gasteiger partial charge in [0.2, 0.25) is 11.9 Å². The topological polar surface area (TPSA) is 413 Å². The number of aromatic nitrogens is 20. The summed E-state index contributed by atoms with van der Waals surface area (Å²) in [6.45, 7) is 0. The third-order valence-electron chi connectivity index (χ3n) is 11.8. The number of benzene rings is 6. The molecule has 0 aliphatic carbocycles. The summed E-state index contributed by atoms with van der Waals surface area (Å²) in [5, 5.41) is 66.1.